The summed E-state index contributed by atoms with van der Waals surface area (Å²) in [6.07, 6.45) is 4.39. The van der Waals surface area contributed by atoms with Crippen LogP contribution in [-0.4, -0.2) is 25.2 Å². The van der Waals surface area contributed by atoms with Crippen LogP contribution >= 0.6 is 0 Å². The summed E-state index contributed by atoms with van der Waals surface area (Å²) in [7, 11) is 2.18. The highest BCUT2D eigenvalue weighted by molar-refractivity contribution is 4.77. The van der Waals surface area contributed by atoms with Gasteiger partial charge in [-0.2, -0.15) is 0 Å². The Hall–Kier alpha value is -0.500. The molecule has 0 aromatic rings. The Balaban J connectivity index is 2.26. The van der Waals surface area contributed by atoms with E-state index in [9.17, 15) is 0 Å². The summed E-state index contributed by atoms with van der Waals surface area (Å²) in [6, 6.07) is 0. The summed E-state index contributed by atoms with van der Waals surface area (Å²) < 4.78 is 0. The van der Waals surface area contributed by atoms with Gasteiger partial charge in [0.25, 0.3) is 0 Å². The van der Waals surface area contributed by atoms with Crippen LogP contribution in [0.3, 0.4) is 0 Å². The first-order valence-electron chi connectivity index (χ1n) is 3.93. The largest absolute Gasteiger partial charge is 0.326 e. The van der Waals surface area contributed by atoms with Gasteiger partial charge in [0.05, 0.1) is 13.2 Å². The molecule has 0 saturated heterocycles. The number of hydrogen-bond donors (Lipinski definition) is 1. The second kappa shape index (κ2) is 3.06. The van der Waals surface area contributed by atoms with Crippen molar-refractivity contribution in [3.8, 4) is 0 Å². The van der Waals surface area contributed by atoms with Gasteiger partial charge in [0, 0.05) is 6.54 Å². The molecule has 1 unspecified atom stereocenters. The molecule has 10 heavy (non-hydrogen) atoms. The lowest BCUT2D eigenvalue weighted by Crippen LogP contribution is -3.03. The van der Waals surface area contributed by atoms with Crippen LogP contribution < -0.4 is 4.90 Å². The van der Waals surface area contributed by atoms with Crippen molar-refractivity contribution < 1.29 is 4.90 Å². The van der Waals surface area contributed by atoms with Crippen molar-refractivity contribution in [2.45, 2.75) is 13.8 Å². The van der Waals surface area contributed by atoms with E-state index < -0.39 is 0 Å². The number of quaternary nitrogens is 1. The van der Waals surface area contributed by atoms with Crippen LogP contribution in [0.25, 0.3) is 0 Å². The highest BCUT2D eigenvalue weighted by Gasteiger charge is 2.12. The average molecular weight is 141 g/mol. The lowest BCUT2D eigenvalue weighted by Gasteiger charge is -2.16. The predicted molar refractivity (Wildman–Crippen MR) is 42.4 cm³/mol. The van der Waals surface area contributed by atoms with E-state index in [2.05, 4.69) is 38.2 Å². The summed E-state index contributed by atoms with van der Waals surface area (Å²) >= 11 is 0. The maximum absolute atomic E-state index is 2.36. The maximum atomic E-state index is 2.36. The third-order valence-corrected chi connectivity index (χ3v) is 1.62. The van der Waals surface area contributed by atoms with Crippen molar-refractivity contribution in [1.29, 1.82) is 0 Å². The van der Waals surface area contributed by atoms with Crippen LogP contribution in [0.15, 0.2) is 12.4 Å². The lowest BCUT2D eigenvalue weighted by molar-refractivity contribution is -0.826. The van der Waals surface area contributed by atoms with Crippen LogP contribution in [0.5, 0.6) is 0 Å². The van der Waals surface area contributed by atoms with Gasteiger partial charge in [-0.1, -0.05) is 13.8 Å². The zero-order valence-electron chi connectivity index (χ0n) is 7.09. The van der Waals surface area contributed by atoms with Crippen molar-refractivity contribution in [2.24, 2.45) is 5.92 Å². The monoisotopic (exact) mass is 141 g/mol. The van der Waals surface area contributed by atoms with E-state index in [1.165, 1.54) is 11.4 Å². The maximum Gasteiger partial charge on any atom is 0.156 e. The fourth-order valence-electron chi connectivity index (χ4n) is 1.25. The minimum Gasteiger partial charge on any atom is -0.326 e. The van der Waals surface area contributed by atoms with E-state index in [0.29, 0.717) is 0 Å². The first-order chi connectivity index (χ1) is 4.68. The first kappa shape index (κ1) is 7.61. The number of nitrogens with zero attached hydrogens (tertiary/aromatic N) is 1. The fraction of sp³-hybridized carbons (Fsp3) is 0.750. The molecule has 58 valence electrons. The van der Waals surface area contributed by atoms with Crippen LogP contribution in [0.2, 0.25) is 0 Å². The van der Waals surface area contributed by atoms with E-state index in [1.807, 2.05) is 0 Å². The third kappa shape index (κ3) is 2.03. The minimum atomic E-state index is 0.774. The molecule has 0 aliphatic carbocycles. The highest BCUT2D eigenvalue weighted by atomic mass is 15.3. The van der Waals surface area contributed by atoms with Crippen molar-refractivity contribution in [2.75, 3.05) is 20.3 Å². The van der Waals surface area contributed by atoms with E-state index in [-0.39, 0.29) is 0 Å². The molecule has 0 fully saturated rings. The van der Waals surface area contributed by atoms with Crippen LogP contribution in [0.1, 0.15) is 13.8 Å². The molecule has 1 aliphatic heterocycles. The summed E-state index contributed by atoms with van der Waals surface area (Å²) in [5.74, 6) is 0.774. The van der Waals surface area contributed by atoms with Gasteiger partial charge in [-0.3, -0.25) is 4.90 Å². The van der Waals surface area contributed by atoms with Gasteiger partial charge in [-0.25, -0.2) is 0 Å². The molecule has 0 aromatic heterocycles. The molecule has 2 heteroatoms. The third-order valence-electron chi connectivity index (χ3n) is 1.62. The second-order valence-electron chi connectivity index (χ2n) is 3.49. The molecule has 1 N–H and O–H groups in total. The first-order valence-corrected chi connectivity index (χ1v) is 3.93. The van der Waals surface area contributed by atoms with Gasteiger partial charge in [-0.05, 0) is 5.92 Å². The van der Waals surface area contributed by atoms with E-state index >= 15 is 0 Å². The zero-order valence-corrected chi connectivity index (χ0v) is 7.09. The lowest BCUT2D eigenvalue weighted by atomic mass is 10.2. The highest BCUT2D eigenvalue weighted by Crippen LogP contribution is 1.98. The Morgan fingerprint density at radius 2 is 2.30 bits per heavy atom. The molecule has 1 aliphatic rings. The van der Waals surface area contributed by atoms with E-state index in [1.54, 1.807) is 0 Å². The van der Waals surface area contributed by atoms with Crippen LogP contribution in [0, 0.1) is 5.92 Å². The van der Waals surface area contributed by atoms with Gasteiger partial charge < -0.3 is 4.90 Å². The summed E-state index contributed by atoms with van der Waals surface area (Å²) in [4.78, 5) is 3.83. The Labute approximate surface area is 63.1 Å². The van der Waals surface area contributed by atoms with Gasteiger partial charge >= 0.3 is 0 Å². The normalized spacial score (nSPS) is 24.8. The topological polar surface area (TPSA) is 7.68 Å². The van der Waals surface area contributed by atoms with E-state index in [0.717, 1.165) is 12.6 Å². The molecule has 0 amide bonds. The number of nitrogens with one attached hydrogen (secondary N) is 1. The van der Waals surface area contributed by atoms with Crippen LogP contribution in [0.4, 0.5) is 0 Å². The predicted octanol–water partition coefficient (Wildman–Crippen LogP) is -0.0986. The molecule has 0 saturated carbocycles. The standard InChI is InChI=1S/C8H16N2/c1-8(2)6-10-5-4-9(3)7-10/h4-5,8H,6-7H2,1-3H3/p+1. The Bertz CT molecular complexity index is 129. The molecule has 1 rings (SSSR count). The molecular formula is C8H17N2+. The molecule has 1 heterocycles. The van der Waals surface area contributed by atoms with Gasteiger partial charge in [0.2, 0.25) is 0 Å². The molecule has 0 radical (unpaired) electrons. The second-order valence-corrected chi connectivity index (χ2v) is 3.49. The molecule has 1 atom stereocenters. The Morgan fingerprint density at radius 1 is 1.60 bits per heavy atom. The molecular weight excluding hydrogens is 124 g/mol. The zero-order chi connectivity index (χ0) is 7.56. The average Bonchev–Trinajstić information content (AvgIpc) is 2.13. The molecule has 0 bridgehead atoms. The summed E-state index contributed by atoms with van der Waals surface area (Å²) in [6.45, 7) is 6.83. The van der Waals surface area contributed by atoms with Crippen molar-refractivity contribution >= 4 is 0 Å². The van der Waals surface area contributed by atoms with E-state index in [4.69, 9.17) is 0 Å². The minimum absolute atomic E-state index is 0.774. The summed E-state index contributed by atoms with van der Waals surface area (Å²) in [5, 5.41) is 0. The molecule has 0 spiro atoms. The Kier molecular flexibility index (Phi) is 2.33. The smallest absolute Gasteiger partial charge is 0.156 e. The SMILES string of the molecule is CC(C)CN1C=C[NH+](C)C1. The van der Waals surface area contributed by atoms with Crippen molar-refractivity contribution in [3.05, 3.63) is 12.4 Å². The Morgan fingerprint density at radius 3 is 2.70 bits per heavy atom. The fourth-order valence-corrected chi connectivity index (χ4v) is 1.25. The quantitative estimate of drug-likeness (QED) is 0.564. The molecule has 2 nitrogen and oxygen atoms in total. The summed E-state index contributed by atoms with van der Waals surface area (Å²) in [5.41, 5.74) is 0. The van der Waals surface area contributed by atoms with Crippen molar-refractivity contribution in [3.63, 3.8) is 0 Å². The van der Waals surface area contributed by atoms with Crippen molar-refractivity contribution in [1.82, 2.24) is 4.90 Å². The molecule has 0 aromatic carbocycles. The van der Waals surface area contributed by atoms with Gasteiger partial charge in [0.1, 0.15) is 6.20 Å². The number of rotatable bonds is 2. The van der Waals surface area contributed by atoms with Gasteiger partial charge in [-0.15, -0.1) is 0 Å². The number of hydrogen-bond acceptors (Lipinski definition) is 1. The van der Waals surface area contributed by atoms with Crippen LogP contribution in [-0.2, 0) is 0 Å². The van der Waals surface area contributed by atoms with Gasteiger partial charge in [0.15, 0.2) is 6.67 Å².